The summed E-state index contributed by atoms with van der Waals surface area (Å²) in [6.45, 7) is 3.62. The summed E-state index contributed by atoms with van der Waals surface area (Å²) >= 11 is 2.16. The number of rotatable bonds is 3. The Hall–Kier alpha value is -1.11. The number of carboxylic acid groups (broad SMARTS) is 1. The third-order valence-electron chi connectivity index (χ3n) is 3.47. The molecule has 0 radical (unpaired) electrons. The molecule has 96 valence electrons. The zero-order valence-electron chi connectivity index (χ0n) is 10.1. The van der Waals surface area contributed by atoms with Crippen LogP contribution in [-0.4, -0.2) is 17.0 Å². The van der Waals surface area contributed by atoms with Crippen molar-refractivity contribution in [1.29, 1.82) is 0 Å². The zero-order chi connectivity index (χ0) is 13.5. The molecule has 1 fully saturated rings. The smallest absolute Gasteiger partial charge is 0.307 e. The number of hydrogen-bond donors (Lipinski definition) is 2. The number of anilines is 1. The Kier molecular flexibility index (Phi) is 3.35. The van der Waals surface area contributed by atoms with E-state index in [1.54, 1.807) is 6.07 Å². The summed E-state index contributed by atoms with van der Waals surface area (Å²) < 4.78 is 1.02. The van der Waals surface area contributed by atoms with Gasteiger partial charge in [0.1, 0.15) is 0 Å². The van der Waals surface area contributed by atoms with E-state index in [0.717, 1.165) is 3.57 Å². The molecular formula is C13H14INO3. The predicted octanol–water partition coefficient (Wildman–Crippen LogP) is 2.59. The first-order chi connectivity index (χ1) is 8.34. The van der Waals surface area contributed by atoms with Crippen LogP contribution in [0.25, 0.3) is 0 Å². The van der Waals surface area contributed by atoms with Gasteiger partial charge in [-0.15, -0.1) is 0 Å². The van der Waals surface area contributed by atoms with Gasteiger partial charge in [-0.3, -0.25) is 9.59 Å². The molecule has 1 aromatic carbocycles. The lowest BCUT2D eigenvalue weighted by Gasteiger charge is -2.06. The molecule has 1 amide bonds. The van der Waals surface area contributed by atoms with Gasteiger partial charge in [-0.1, -0.05) is 19.9 Å². The Balaban J connectivity index is 2.08. The van der Waals surface area contributed by atoms with Gasteiger partial charge in [0, 0.05) is 9.26 Å². The van der Waals surface area contributed by atoms with Crippen molar-refractivity contribution in [3.63, 3.8) is 0 Å². The third kappa shape index (κ3) is 2.36. The fraction of sp³-hybridized carbons (Fsp3) is 0.385. The first-order valence-corrected chi connectivity index (χ1v) is 6.71. The molecule has 2 atom stereocenters. The van der Waals surface area contributed by atoms with Crippen LogP contribution in [0.1, 0.15) is 13.8 Å². The van der Waals surface area contributed by atoms with Crippen LogP contribution in [0.15, 0.2) is 24.3 Å². The second kappa shape index (κ2) is 4.53. The van der Waals surface area contributed by atoms with Crippen LogP contribution in [-0.2, 0) is 9.59 Å². The largest absolute Gasteiger partial charge is 0.481 e. The van der Waals surface area contributed by atoms with E-state index in [2.05, 4.69) is 27.9 Å². The van der Waals surface area contributed by atoms with Crippen molar-refractivity contribution in [1.82, 2.24) is 0 Å². The summed E-state index contributed by atoms with van der Waals surface area (Å²) in [6, 6.07) is 7.43. The van der Waals surface area contributed by atoms with Gasteiger partial charge in [-0.05, 0) is 46.2 Å². The number of aliphatic carboxylic acids is 1. The van der Waals surface area contributed by atoms with Gasteiger partial charge < -0.3 is 10.4 Å². The molecule has 2 rings (SSSR count). The van der Waals surface area contributed by atoms with Crippen LogP contribution in [0.5, 0.6) is 0 Å². The lowest BCUT2D eigenvalue weighted by molar-refractivity contribution is -0.140. The van der Waals surface area contributed by atoms with Crippen LogP contribution < -0.4 is 5.32 Å². The molecule has 5 heteroatoms. The van der Waals surface area contributed by atoms with E-state index < -0.39 is 23.2 Å². The number of amides is 1. The van der Waals surface area contributed by atoms with Gasteiger partial charge in [0.25, 0.3) is 0 Å². The standard InChI is InChI=1S/C13H14INO3/c1-13(2)9(10(13)12(17)18)11(16)15-8-5-3-4-7(14)6-8/h3-6,9-10H,1-2H3,(H,15,16)(H,17,18). The number of benzene rings is 1. The van der Waals surface area contributed by atoms with E-state index in [4.69, 9.17) is 5.11 Å². The van der Waals surface area contributed by atoms with Crippen molar-refractivity contribution in [3.8, 4) is 0 Å². The molecule has 0 spiro atoms. The van der Waals surface area contributed by atoms with Crippen molar-refractivity contribution in [2.75, 3.05) is 5.32 Å². The second-order valence-electron chi connectivity index (χ2n) is 5.11. The molecule has 1 saturated carbocycles. The molecule has 0 saturated heterocycles. The number of hydrogen-bond acceptors (Lipinski definition) is 2. The highest BCUT2D eigenvalue weighted by Gasteiger charge is 2.65. The van der Waals surface area contributed by atoms with Crippen LogP contribution >= 0.6 is 22.6 Å². The topological polar surface area (TPSA) is 66.4 Å². The molecule has 0 aromatic heterocycles. The normalized spacial score (nSPS) is 24.4. The van der Waals surface area contributed by atoms with Crippen LogP contribution in [0, 0.1) is 20.8 Å². The van der Waals surface area contributed by atoms with Gasteiger partial charge in [-0.2, -0.15) is 0 Å². The molecule has 4 nitrogen and oxygen atoms in total. The molecular weight excluding hydrogens is 345 g/mol. The van der Waals surface area contributed by atoms with Gasteiger partial charge in [-0.25, -0.2) is 0 Å². The van der Waals surface area contributed by atoms with Crippen LogP contribution in [0.3, 0.4) is 0 Å². The van der Waals surface area contributed by atoms with Crippen molar-refractivity contribution in [3.05, 3.63) is 27.8 Å². The Morgan fingerprint density at radius 1 is 1.33 bits per heavy atom. The van der Waals surface area contributed by atoms with Crippen molar-refractivity contribution in [2.45, 2.75) is 13.8 Å². The second-order valence-corrected chi connectivity index (χ2v) is 6.36. The molecule has 2 N–H and O–H groups in total. The average molecular weight is 359 g/mol. The Morgan fingerprint density at radius 2 is 2.00 bits per heavy atom. The van der Waals surface area contributed by atoms with Gasteiger partial charge >= 0.3 is 5.97 Å². The quantitative estimate of drug-likeness (QED) is 0.816. The fourth-order valence-corrected chi connectivity index (χ4v) is 2.92. The monoisotopic (exact) mass is 359 g/mol. The van der Waals surface area contributed by atoms with E-state index >= 15 is 0 Å². The van der Waals surface area contributed by atoms with E-state index in [1.165, 1.54) is 0 Å². The number of carboxylic acids is 1. The van der Waals surface area contributed by atoms with Crippen molar-refractivity contribution < 1.29 is 14.7 Å². The van der Waals surface area contributed by atoms with E-state index in [1.807, 2.05) is 32.0 Å². The minimum absolute atomic E-state index is 0.214. The van der Waals surface area contributed by atoms with Gasteiger partial charge in [0.15, 0.2) is 0 Å². The highest BCUT2D eigenvalue weighted by molar-refractivity contribution is 14.1. The number of nitrogens with one attached hydrogen (secondary N) is 1. The molecule has 2 unspecified atom stereocenters. The molecule has 0 aliphatic heterocycles. The maximum Gasteiger partial charge on any atom is 0.307 e. The number of halogens is 1. The van der Waals surface area contributed by atoms with Crippen LogP contribution in [0.4, 0.5) is 5.69 Å². The third-order valence-corrected chi connectivity index (χ3v) is 4.14. The molecule has 0 heterocycles. The Bertz CT molecular complexity index is 513. The summed E-state index contributed by atoms with van der Waals surface area (Å²) in [5.41, 5.74) is 0.247. The molecule has 0 bridgehead atoms. The summed E-state index contributed by atoms with van der Waals surface area (Å²) in [5, 5.41) is 11.8. The maximum atomic E-state index is 12.0. The summed E-state index contributed by atoms with van der Waals surface area (Å²) in [6.07, 6.45) is 0. The van der Waals surface area contributed by atoms with Gasteiger partial charge in [0.05, 0.1) is 11.8 Å². The van der Waals surface area contributed by atoms with Crippen LogP contribution in [0.2, 0.25) is 0 Å². The number of carbonyl (C=O) groups excluding carboxylic acids is 1. The molecule has 18 heavy (non-hydrogen) atoms. The maximum absolute atomic E-state index is 12.0. The fourth-order valence-electron chi connectivity index (χ4n) is 2.37. The van der Waals surface area contributed by atoms with Crippen molar-refractivity contribution in [2.24, 2.45) is 17.3 Å². The Morgan fingerprint density at radius 3 is 2.50 bits per heavy atom. The minimum atomic E-state index is -0.900. The Labute approximate surface area is 119 Å². The van der Waals surface area contributed by atoms with Gasteiger partial charge in [0.2, 0.25) is 5.91 Å². The first kappa shape index (κ1) is 13.3. The predicted molar refractivity (Wildman–Crippen MR) is 76.2 cm³/mol. The lowest BCUT2D eigenvalue weighted by atomic mass is 10.1. The molecule has 1 aliphatic carbocycles. The summed E-state index contributed by atoms with van der Waals surface area (Å²) in [5.74, 6) is -2.15. The van der Waals surface area contributed by atoms with Crippen molar-refractivity contribution >= 4 is 40.2 Å². The summed E-state index contributed by atoms with van der Waals surface area (Å²) in [4.78, 5) is 23.1. The van der Waals surface area contributed by atoms with E-state index in [9.17, 15) is 9.59 Å². The lowest BCUT2D eigenvalue weighted by Crippen LogP contribution is -2.17. The SMILES string of the molecule is CC1(C)C(C(=O)O)C1C(=O)Nc1cccc(I)c1. The average Bonchev–Trinajstić information content (AvgIpc) is 2.81. The van der Waals surface area contributed by atoms with E-state index in [-0.39, 0.29) is 5.91 Å². The number of carbonyl (C=O) groups is 2. The minimum Gasteiger partial charge on any atom is -0.481 e. The molecule has 1 aromatic rings. The summed E-state index contributed by atoms with van der Waals surface area (Å²) in [7, 11) is 0. The highest BCUT2D eigenvalue weighted by Crippen LogP contribution is 2.58. The van der Waals surface area contributed by atoms with E-state index in [0.29, 0.717) is 5.69 Å². The zero-order valence-corrected chi connectivity index (χ0v) is 12.3. The molecule has 1 aliphatic rings. The first-order valence-electron chi connectivity index (χ1n) is 5.63. The highest BCUT2D eigenvalue weighted by atomic mass is 127.